The Balaban J connectivity index is 1.82. The highest BCUT2D eigenvalue weighted by molar-refractivity contribution is 8.00. The Morgan fingerprint density at radius 2 is 1.59 bits per heavy atom. The Bertz CT molecular complexity index is 827. The molecule has 0 spiro atoms. The summed E-state index contributed by atoms with van der Waals surface area (Å²) in [6, 6.07) is 26.5. The third-order valence-corrected chi connectivity index (χ3v) is 5.53. The first-order valence-electron chi connectivity index (χ1n) is 8.84. The lowest BCUT2D eigenvalue weighted by Gasteiger charge is -2.24. The van der Waals surface area contributed by atoms with E-state index in [0.29, 0.717) is 6.61 Å². The average Bonchev–Trinajstić information content (AvgIpc) is 2.71. The number of benzene rings is 3. The van der Waals surface area contributed by atoms with Gasteiger partial charge in [0.1, 0.15) is 5.75 Å². The van der Waals surface area contributed by atoms with Crippen LogP contribution < -0.4 is 9.04 Å². The van der Waals surface area contributed by atoms with Crippen LogP contribution >= 0.6 is 36.2 Å². The highest BCUT2D eigenvalue weighted by Crippen LogP contribution is 2.33. The van der Waals surface area contributed by atoms with E-state index in [-0.39, 0.29) is 0 Å². The molecule has 3 aromatic rings. The molecule has 0 unspecified atom stereocenters. The molecule has 27 heavy (non-hydrogen) atoms. The zero-order valence-corrected chi connectivity index (χ0v) is 17.4. The van der Waals surface area contributed by atoms with Crippen LogP contribution in [0.5, 0.6) is 5.75 Å². The summed E-state index contributed by atoms with van der Waals surface area (Å²) in [6.07, 6.45) is 0.930. The lowest BCUT2D eigenvalue weighted by Crippen LogP contribution is -2.15. The van der Waals surface area contributed by atoms with Gasteiger partial charge in [0.2, 0.25) is 0 Å². The van der Waals surface area contributed by atoms with Gasteiger partial charge in [-0.1, -0.05) is 48.0 Å². The molecule has 0 aromatic heterocycles. The monoisotopic (exact) mass is 415 g/mol. The van der Waals surface area contributed by atoms with Crippen molar-refractivity contribution in [3.63, 3.8) is 0 Å². The van der Waals surface area contributed by atoms with Gasteiger partial charge in [-0.15, -0.1) is 0 Å². The summed E-state index contributed by atoms with van der Waals surface area (Å²) in [7, 11) is 0. The van der Waals surface area contributed by atoms with Crippen LogP contribution in [0.15, 0.2) is 83.8 Å². The van der Waals surface area contributed by atoms with Crippen LogP contribution in [0, 0.1) is 0 Å². The van der Waals surface area contributed by atoms with E-state index < -0.39 is 0 Å². The van der Waals surface area contributed by atoms with Crippen molar-refractivity contribution in [2.75, 3.05) is 16.7 Å². The summed E-state index contributed by atoms with van der Waals surface area (Å²) in [6.45, 7) is 1.41. The van der Waals surface area contributed by atoms with Gasteiger partial charge in [-0.25, -0.2) is 0 Å². The van der Waals surface area contributed by atoms with Crippen molar-refractivity contribution in [1.82, 2.24) is 0 Å². The Labute approximate surface area is 176 Å². The molecule has 0 aliphatic carbocycles. The number of thiol groups is 1. The number of nitrogens with zero attached hydrogens (tertiary/aromatic N) is 1. The van der Waals surface area contributed by atoms with E-state index in [2.05, 4.69) is 53.3 Å². The molecule has 0 aliphatic heterocycles. The fourth-order valence-electron chi connectivity index (χ4n) is 2.57. The summed E-state index contributed by atoms with van der Waals surface area (Å²) in [5.41, 5.74) is 2.30. The Morgan fingerprint density at radius 1 is 0.889 bits per heavy atom. The first-order chi connectivity index (χ1) is 13.3. The van der Waals surface area contributed by atoms with Gasteiger partial charge in [-0.05, 0) is 66.6 Å². The molecule has 0 aliphatic rings. The second-order valence-corrected chi connectivity index (χ2v) is 7.93. The number of halogens is 1. The van der Waals surface area contributed by atoms with E-state index in [1.54, 1.807) is 11.9 Å². The third kappa shape index (κ3) is 6.13. The molecule has 0 atom stereocenters. The van der Waals surface area contributed by atoms with Crippen LogP contribution in [0.3, 0.4) is 0 Å². The Kier molecular flexibility index (Phi) is 7.81. The predicted molar refractivity (Wildman–Crippen MR) is 120 cm³/mol. The lowest BCUT2D eigenvalue weighted by molar-refractivity contribution is 0.315. The normalized spacial score (nSPS) is 10.6. The van der Waals surface area contributed by atoms with Crippen molar-refractivity contribution >= 4 is 41.9 Å². The summed E-state index contributed by atoms with van der Waals surface area (Å²) in [4.78, 5) is 1.14. The molecule has 0 radical (unpaired) electrons. The van der Waals surface area contributed by atoms with E-state index in [0.717, 1.165) is 45.6 Å². The number of hydrogen-bond acceptors (Lipinski definition) is 4. The largest absolute Gasteiger partial charge is 0.493 e. The van der Waals surface area contributed by atoms with Crippen molar-refractivity contribution in [2.24, 2.45) is 0 Å². The maximum Gasteiger partial charge on any atom is 0.124 e. The second-order valence-electron chi connectivity index (χ2n) is 5.95. The van der Waals surface area contributed by atoms with Crippen LogP contribution in [0.1, 0.15) is 12.0 Å². The standard InChI is InChI=1S/C22H22ClNOS2/c23-19-11-13-21(14-12-19)27-24(20-8-2-1-3-9-20)17-18-7-4-5-10-22(18)25-15-6-16-26/h1-5,7-14,26H,6,15-17H2. The Morgan fingerprint density at radius 3 is 2.33 bits per heavy atom. The van der Waals surface area contributed by atoms with Gasteiger partial charge < -0.3 is 9.04 Å². The molecular formula is C22H22ClNOS2. The maximum atomic E-state index is 6.03. The molecule has 0 saturated carbocycles. The van der Waals surface area contributed by atoms with Crippen LogP contribution in [-0.4, -0.2) is 12.4 Å². The van der Waals surface area contributed by atoms with Crippen molar-refractivity contribution in [2.45, 2.75) is 17.9 Å². The summed E-state index contributed by atoms with van der Waals surface area (Å²) in [5, 5.41) is 0.744. The fraction of sp³-hybridized carbons (Fsp3) is 0.182. The fourth-order valence-corrected chi connectivity index (χ4v) is 3.77. The molecule has 0 bridgehead atoms. The van der Waals surface area contributed by atoms with Gasteiger partial charge in [0.05, 0.1) is 13.2 Å². The molecule has 5 heteroatoms. The molecule has 0 fully saturated rings. The first-order valence-corrected chi connectivity index (χ1v) is 10.6. The molecule has 2 nitrogen and oxygen atoms in total. The van der Waals surface area contributed by atoms with Crippen LogP contribution in [0.25, 0.3) is 0 Å². The third-order valence-electron chi connectivity index (χ3n) is 3.92. The zero-order chi connectivity index (χ0) is 18.9. The van der Waals surface area contributed by atoms with Gasteiger partial charge in [0.25, 0.3) is 0 Å². The minimum Gasteiger partial charge on any atom is -0.493 e. The number of anilines is 1. The molecule has 0 heterocycles. The summed E-state index contributed by atoms with van der Waals surface area (Å²) in [5.74, 6) is 1.75. The highest BCUT2D eigenvalue weighted by atomic mass is 35.5. The maximum absolute atomic E-state index is 6.03. The molecule has 0 N–H and O–H groups in total. The van der Waals surface area contributed by atoms with Gasteiger partial charge in [0, 0.05) is 21.2 Å². The van der Waals surface area contributed by atoms with Crippen molar-refractivity contribution in [1.29, 1.82) is 0 Å². The van der Waals surface area contributed by atoms with Crippen molar-refractivity contribution in [3.05, 3.63) is 89.4 Å². The number of hydrogen-bond donors (Lipinski definition) is 1. The number of rotatable bonds is 9. The molecule has 0 saturated heterocycles. The predicted octanol–water partition coefficient (Wildman–Crippen LogP) is 6.75. The molecule has 3 aromatic carbocycles. The minimum absolute atomic E-state index is 0.677. The quantitative estimate of drug-likeness (QED) is 0.236. The smallest absolute Gasteiger partial charge is 0.124 e. The molecule has 0 amide bonds. The van der Waals surface area contributed by atoms with Gasteiger partial charge in [0.15, 0.2) is 0 Å². The zero-order valence-electron chi connectivity index (χ0n) is 14.9. The van der Waals surface area contributed by atoms with Gasteiger partial charge in [-0.2, -0.15) is 12.6 Å². The Hall–Kier alpha value is -1.75. The average molecular weight is 416 g/mol. The molecule has 140 valence electrons. The van der Waals surface area contributed by atoms with E-state index >= 15 is 0 Å². The first kappa shape index (κ1) is 20.0. The van der Waals surface area contributed by atoms with Gasteiger partial charge in [-0.3, -0.25) is 0 Å². The summed E-state index contributed by atoms with van der Waals surface area (Å²) < 4.78 is 8.25. The number of ether oxygens (including phenoxy) is 1. The van der Waals surface area contributed by atoms with Crippen LogP contribution in [0.2, 0.25) is 5.02 Å². The highest BCUT2D eigenvalue weighted by Gasteiger charge is 2.13. The SMILES string of the molecule is SCCCOc1ccccc1CN(Sc1ccc(Cl)cc1)c1ccccc1. The summed E-state index contributed by atoms with van der Waals surface area (Å²) >= 11 is 12.0. The second kappa shape index (κ2) is 10.5. The van der Waals surface area contributed by atoms with E-state index in [1.165, 1.54) is 0 Å². The molecule has 3 rings (SSSR count). The van der Waals surface area contributed by atoms with Crippen LogP contribution in [-0.2, 0) is 6.54 Å². The van der Waals surface area contributed by atoms with E-state index in [4.69, 9.17) is 16.3 Å². The van der Waals surface area contributed by atoms with Crippen molar-refractivity contribution in [3.8, 4) is 5.75 Å². The van der Waals surface area contributed by atoms with E-state index in [1.807, 2.05) is 42.5 Å². The van der Waals surface area contributed by atoms with E-state index in [9.17, 15) is 0 Å². The van der Waals surface area contributed by atoms with Crippen molar-refractivity contribution < 1.29 is 4.74 Å². The number of para-hydroxylation sites is 2. The minimum atomic E-state index is 0.677. The topological polar surface area (TPSA) is 12.5 Å². The molecular weight excluding hydrogens is 394 g/mol. The van der Waals surface area contributed by atoms with Crippen LogP contribution in [0.4, 0.5) is 5.69 Å². The lowest BCUT2D eigenvalue weighted by atomic mass is 10.2. The van der Waals surface area contributed by atoms with Gasteiger partial charge >= 0.3 is 0 Å².